The van der Waals surface area contributed by atoms with Crippen molar-refractivity contribution in [1.82, 2.24) is 15.5 Å². The minimum absolute atomic E-state index is 0.215. The Morgan fingerprint density at radius 1 is 1.19 bits per heavy atom. The molecule has 2 amide bonds. The maximum atomic E-state index is 13.4. The lowest BCUT2D eigenvalue weighted by atomic mass is 9.85. The molecule has 3 atom stereocenters. The van der Waals surface area contributed by atoms with Gasteiger partial charge in [-0.25, -0.2) is 9.69 Å². The number of thiocarbonyl (C=S) groups is 1. The van der Waals surface area contributed by atoms with E-state index in [1.807, 2.05) is 24.3 Å². The summed E-state index contributed by atoms with van der Waals surface area (Å²) < 4.78 is 23.4. The molecule has 2 aliphatic rings. The Hall–Kier alpha value is -2.04. The van der Waals surface area contributed by atoms with Gasteiger partial charge in [-0.05, 0) is 68.4 Å². The Morgan fingerprint density at radius 3 is 2.49 bits per heavy atom. The summed E-state index contributed by atoms with van der Waals surface area (Å²) in [6, 6.07) is 7.29. The van der Waals surface area contributed by atoms with E-state index >= 15 is 0 Å². The minimum atomic E-state index is -1.51. The summed E-state index contributed by atoms with van der Waals surface area (Å²) in [7, 11) is 1.63. The van der Waals surface area contributed by atoms with Crippen molar-refractivity contribution in [3.05, 3.63) is 29.8 Å². The fourth-order valence-corrected chi connectivity index (χ4v) is 6.40. The third-order valence-corrected chi connectivity index (χ3v) is 8.75. The molecule has 1 aromatic carbocycles. The number of rotatable bonds is 9. The molecule has 1 aliphatic heterocycles. The molecule has 206 valence electrons. The van der Waals surface area contributed by atoms with Crippen molar-refractivity contribution < 1.29 is 23.6 Å². The maximum Gasteiger partial charge on any atom is 0.414 e. The van der Waals surface area contributed by atoms with E-state index in [0.717, 1.165) is 17.7 Å². The smallest absolute Gasteiger partial charge is 0.414 e. The quantitative estimate of drug-likeness (QED) is 0.349. The molecule has 2 N–H and O–H groups in total. The first-order valence-electron chi connectivity index (χ1n) is 13.1. The van der Waals surface area contributed by atoms with Crippen LogP contribution >= 0.6 is 12.2 Å². The predicted molar refractivity (Wildman–Crippen MR) is 150 cm³/mol. The largest absolute Gasteiger partial charge is 0.614 e. The van der Waals surface area contributed by atoms with Crippen LogP contribution in [0.15, 0.2) is 24.3 Å². The number of amides is 2. The van der Waals surface area contributed by atoms with Crippen LogP contribution in [0.1, 0.15) is 71.3 Å². The second kappa shape index (κ2) is 13.7. The Kier molecular flexibility index (Phi) is 10.9. The standard InChI is InChI=1S/C27H41N3O5S2/c1-27(2,3)35-26(32)30-16-17-37(33)25(30)23(31)29-22(15-12-19-8-6-5-7-9-19)24(36)28-18-20-10-13-21(34-4)14-11-20/h10-11,13-14,19,22,25H,5-9,12,15-18H2,1-4H3,(H,28,36)(H,29,31)/t22-,25-,37+/m1/s1. The van der Waals surface area contributed by atoms with Gasteiger partial charge in [0.25, 0.3) is 11.3 Å². The monoisotopic (exact) mass is 551 g/mol. The average molecular weight is 552 g/mol. The SMILES string of the molecule is COc1ccc(CNC(=S)[C@@H](CCC2CCCCC2)NC(=O)[C@@H]2N(C(=O)OC(C)(C)C)CC[S@+]2[O-])cc1. The molecule has 37 heavy (non-hydrogen) atoms. The van der Waals surface area contributed by atoms with Crippen molar-refractivity contribution >= 4 is 40.4 Å². The molecule has 8 nitrogen and oxygen atoms in total. The van der Waals surface area contributed by atoms with E-state index in [9.17, 15) is 14.1 Å². The molecule has 1 saturated heterocycles. The molecule has 1 saturated carbocycles. The fourth-order valence-electron chi connectivity index (χ4n) is 4.77. The fraction of sp³-hybridized carbons (Fsp3) is 0.667. The summed E-state index contributed by atoms with van der Waals surface area (Å²) in [4.78, 5) is 27.9. The van der Waals surface area contributed by atoms with E-state index in [1.54, 1.807) is 27.9 Å². The van der Waals surface area contributed by atoms with Crippen LogP contribution in [0.2, 0.25) is 0 Å². The predicted octanol–water partition coefficient (Wildman–Crippen LogP) is 4.28. The second-order valence-electron chi connectivity index (χ2n) is 10.8. The van der Waals surface area contributed by atoms with Gasteiger partial charge >= 0.3 is 6.09 Å². The van der Waals surface area contributed by atoms with Gasteiger partial charge in [0.05, 0.1) is 24.7 Å². The van der Waals surface area contributed by atoms with E-state index in [1.165, 1.54) is 37.0 Å². The van der Waals surface area contributed by atoms with Crippen LogP contribution in [0.4, 0.5) is 4.79 Å². The van der Waals surface area contributed by atoms with Gasteiger partial charge in [-0.15, -0.1) is 0 Å². The van der Waals surface area contributed by atoms with Crippen LogP contribution in [-0.2, 0) is 27.3 Å². The molecular weight excluding hydrogens is 510 g/mol. The molecule has 0 bridgehead atoms. The number of hydrogen-bond acceptors (Lipinski definition) is 6. The van der Waals surface area contributed by atoms with E-state index in [0.29, 0.717) is 23.9 Å². The van der Waals surface area contributed by atoms with E-state index in [2.05, 4.69) is 10.6 Å². The van der Waals surface area contributed by atoms with Gasteiger partial charge in [0.15, 0.2) is 0 Å². The molecule has 1 heterocycles. The van der Waals surface area contributed by atoms with Gasteiger partial charge in [-0.2, -0.15) is 0 Å². The normalized spacial score (nSPS) is 21.3. The Morgan fingerprint density at radius 2 is 1.86 bits per heavy atom. The van der Waals surface area contributed by atoms with Gasteiger partial charge in [-0.3, -0.25) is 4.79 Å². The zero-order chi connectivity index (χ0) is 27.0. The molecule has 1 aromatic rings. The van der Waals surface area contributed by atoms with Crippen LogP contribution in [-0.4, -0.2) is 62.9 Å². The Bertz CT molecular complexity index is 916. The zero-order valence-electron chi connectivity index (χ0n) is 22.4. The first kappa shape index (κ1) is 29.5. The van der Waals surface area contributed by atoms with Crippen molar-refractivity contribution in [2.24, 2.45) is 5.92 Å². The number of nitrogens with one attached hydrogen (secondary N) is 2. The van der Waals surface area contributed by atoms with Crippen LogP contribution in [0.5, 0.6) is 5.75 Å². The number of benzene rings is 1. The maximum absolute atomic E-state index is 13.4. The molecule has 10 heteroatoms. The molecule has 0 spiro atoms. The lowest BCUT2D eigenvalue weighted by Gasteiger charge is -2.29. The van der Waals surface area contributed by atoms with Crippen LogP contribution in [0.25, 0.3) is 0 Å². The average Bonchev–Trinajstić information content (AvgIpc) is 3.26. The molecule has 1 aliphatic carbocycles. The van der Waals surface area contributed by atoms with Crippen LogP contribution < -0.4 is 15.4 Å². The Labute approximate surface area is 229 Å². The molecule has 0 unspecified atom stereocenters. The van der Waals surface area contributed by atoms with Gasteiger partial charge in [0, 0.05) is 6.54 Å². The number of carbonyl (C=O) groups is 2. The summed E-state index contributed by atoms with van der Waals surface area (Å²) in [5.74, 6) is 1.19. The lowest BCUT2D eigenvalue weighted by Crippen LogP contribution is -2.54. The van der Waals surface area contributed by atoms with Crippen molar-refractivity contribution in [2.45, 2.75) is 89.3 Å². The summed E-state index contributed by atoms with van der Waals surface area (Å²) in [5.41, 5.74) is 0.325. The highest BCUT2D eigenvalue weighted by molar-refractivity contribution is 7.93. The number of hydrogen-bond donors (Lipinski definition) is 2. The molecular formula is C27H41N3O5S2. The second-order valence-corrected chi connectivity index (χ2v) is 12.9. The lowest BCUT2D eigenvalue weighted by molar-refractivity contribution is -0.123. The van der Waals surface area contributed by atoms with Gasteiger partial charge in [-0.1, -0.05) is 56.5 Å². The number of nitrogens with zero attached hydrogens (tertiary/aromatic N) is 1. The highest BCUT2D eigenvalue weighted by Crippen LogP contribution is 2.28. The van der Waals surface area contributed by atoms with E-state index in [-0.39, 0.29) is 12.3 Å². The van der Waals surface area contributed by atoms with Gasteiger partial charge in [0.2, 0.25) is 0 Å². The van der Waals surface area contributed by atoms with E-state index in [4.69, 9.17) is 21.7 Å². The van der Waals surface area contributed by atoms with Gasteiger partial charge < -0.3 is 24.7 Å². The summed E-state index contributed by atoms with van der Waals surface area (Å²) >= 11 is 4.23. The number of methoxy groups -OCH3 is 1. The first-order chi connectivity index (χ1) is 17.6. The molecule has 0 radical (unpaired) electrons. The molecule has 2 fully saturated rings. The zero-order valence-corrected chi connectivity index (χ0v) is 24.1. The minimum Gasteiger partial charge on any atom is -0.614 e. The summed E-state index contributed by atoms with van der Waals surface area (Å²) in [5, 5.41) is 5.23. The van der Waals surface area contributed by atoms with Crippen molar-refractivity contribution in [3.8, 4) is 5.75 Å². The van der Waals surface area contributed by atoms with E-state index < -0.39 is 40.2 Å². The van der Waals surface area contributed by atoms with Crippen LogP contribution in [0.3, 0.4) is 0 Å². The third kappa shape index (κ3) is 9.04. The molecule has 3 rings (SSSR count). The van der Waals surface area contributed by atoms with Crippen molar-refractivity contribution in [1.29, 1.82) is 0 Å². The Balaban J connectivity index is 1.67. The highest BCUT2D eigenvalue weighted by atomic mass is 32.2. The number of ether oxygens (including phenoxy) is 2. The van der Waals surface area contributed by atoms with Crippen molar-refractivity contribution in [2.75, 3.05) is 19.4 Å². The van der Waals surface area contributed by atoms with Crippen LogP contribution in [0, 0.1) is 5.92 Å². The summed E-state index contributed by atoms with van der Waals surface area (Å²) in [6.07, 6.45) is 7.19. The summed E-state index contributed by atoms with van der Waals surface area (Å²) in [6.45, 7) is 6.02. The molecule has 0 aromatic heterocycles. The number of carbonyl (C=O) groups excluding carboxylic acids is 2. The topological polar surface area (TPSA) is 103 Å². The van der Waals surface area contributed by atoms with Crippen molar-refractivity contribution in [3.63, 3.8) is 0 Å². The first-order valence-corrected chi connectivity index (χ1v) is 14.9. The third-order valence-electron chi connectivity index (χ3n) is 6.76. The van der Waals surface area contributed by atoms with Gasteiger partial charge in [0.1, 0.15) is 17.1 Å². The highest BCUT2D eigenvalue weighted by Gasteiger charge is 2.47.